The maximum absolute atomic E-state index is 13.7. The molecule has 0 saturated heterocycles. The maximum atomic E-state index is 13.7. The van der Waals surface area contributed by atoms with Crippen LogP contribution in [0.15, 0.2) is 42.5 Å². The van der Waals surface area contributed by atoms with Crippen molar-refractivity contribution in [3.63, 3.8) is 0 Å². The molecule has 3 nitrogen and oxygen atoms in total. The van der Waals surface area contributed by atoms with E-state index in [0.29, 0.717) is 23.5 Å². The Kier molecular flexibility index (Phi) is 4.68. The van der Waals surface area contributed by atoms with E-state index in [4.69, 9.17) is 10.5 Å². The van der Waals surface area contributed by atoms with Gasteiger partial charge in [0.1, 0.15) is 11.6 Å². The minimum Gasteiger partial charge on any atom is -0.489 e. The van der Waals surface area contributed by atoms with Gasteiger partial charge in [0.15, 0.2) is 0 Å². The van der Waals surface area contributed by atoms with E-state index in [2.05, 4.69) is 0 Å². The number of nitrogen functional groups attached to an aromatic ring is 1. The molecule has 0 aromatic heterocycles. The van der Waals surface area contributed by atoms with Crippen LogP contribution in [-0.2, 0) is 6.54 Å². The first-order chi connectivity index (χ1) is 9.97. The van der Waals surface area contributed by atoms with Gasteiger partial charge in [-0.3, -0.25) is 0 Å². The largest absolute Gasteiger partial charge is 0.489 e. The van der Waals surface area contributed by atoms with E-state index in [1.54, 1.807) is 12.1 Å². The molecule has 21 heavy (non-hydrogen) atoms. The van der Waals surface area contributed by atoms with Crippen LogP contribution in [0.3, 0.4) is 0 Å². The highest BCUT2D eigenvalue weighted by Gasteiger charge is 2.09. The Morgan fingerprint density at radius 1 is 1.19 bits per heavy atom. The third-order valence-corrected chi connectivity index (χ3v) is 3.17. The number of ether oxygens (including phenoxy) is 1. The van der Waals surface area contributed by atoms with E-state index in [-0.39, 0.29) is 11.9 Å². The molecule has 0 saturated carbocycles. The molecule has 0 amide bonds. The van der Waals surface area contributed by atoms with Gasteiger partial charge in [-0.05, 0) is 32.0 Å². The van der Waals surface area contributed by atoms with Crippen molar-refractivity contribution in [3.05, 3.63) is 53.8 Å². The molecule has 0 heterocycles. The molecule has 0 fully saturated rings. The smallest absolute Gasteiger partial charge is 0.144 e. The van der Waals surface area contributed by atoms with Gasteiger partial charge in [0.2, 0.25) is 0 Å². The lowest BCUT2D eigenvalue weighted by atomic mass is 10.2. The lowest BCUT2D eigenvalue weighted by molar-refractivity contribution is 0.244. The molecular formula is C17H21FN2O. The molecule has 0 spiro atoms. The molecule has 2 rings (SSSR count). The fraction of sp³-hybridized carbons (Fsp3) is 0.294. The summed E-state index contributed by atoms with van der Waals surface area (Å²) in [4.78, 5) is 1.96. The van der Waals surface area contributed by atoms with E-state index < -0.39 is 0 Å². The first-order valence-electron chi connectivity index (χ1n) is 6.98. The zero-order valence-electron chi connectivity index (χ0n) is 12.6. The Balaban J connectivity index is 2.19. The van der Waals surface area contributed by atoms with Gasteiger partial charge in [-0.25, -0.2) is 4.39 Å². The summed E-state index contributed by atoms with van der Waals surface area (Å²) in [6.07, 6.45) is 0.0550. The predicted octanol–water partition coefficient (Wildman–Crippen LogP) is 3.83. The van der Waals surface area contributed by atoms with E-state index in [9.17, 15) is 4.39 Å². The zero-order chi connectivity index (χ0) is 15.4. The number of nitrogens with zero attached hydrogens (tertiary/aromatic N) is 1. The second-order valence-corrected chi connectivity index (χ2v) is 5.34. The van der Waals surface area contributed by atoms with Crippen LogP contribution in [0.5, 0.6) is 5.75 Å². The molecule has 2 aromatic carbocycles. The standard InChI is InChI=1S/C17H21FN2O/c1-12(2)21-17-10-14(8-9-16(17)19)20(3)11-13-6-4-5-7-15(13)18/h4-10,12H,11,19H2,1-3H3. The molecule has 0 aliphatic heterocycles. The molecule has 0 aliphatic rings. The Morgan fingerprint density at radius 3 is 2.57 bits per heavy atom. The Labute approximate surface area is 125 Å². The minimum absolute atomic E-state index is 0.0550. The van der Waals surface area contributed by atoms with Gasteiger partial charge in [-0.1, -0.05) is 18.2 Å². The summed E-state index contributed by atoms with van der Waals surface area (Å²) in [6, 6.07) is 12.4. The fourth-order valence-electron chi connectivity index (χ4n) is 2.09. The third-order valence-electron chi connectivity index (χ3n) is 3.17. The lowest BCUT2D eigenvalue weighted by Crippen LogP contribution is -2.17. The Hall–Kier alpha value is -2.23. The molecular weight excluding hydrogens is 267 g/mol. The molecule has 0 radical (unpaired) electrons. The molecule has 0 unspecified atom stereocenters. The minimum atomic E-state index is -0.196. The van der Waals surface area contributed by atoms with Crippen LogP contribution in [0.1, 0.15) is 19.4 Å². The normalized spacial score (nSPS) is 10.7. The van der Waals surface area contributed by atoms with E-state index in [0.717, 1.165) is 5.69 Å². The number of hydrogen-bond donors (Lipinski definition) is 1. The molecule has 0 atom stereocenters. The Morgan fingerprint density at radius 2 is 1.90 bits per heavy atom. The number of hydrogen-bond acceptors (Lipinski definition) is 3. The van der Waals surface area contributed by atoms with Gasteiger partial charge < -0.3 is 15.4 Å². The molecule has 112 valence electrons. The highest BCUT2D eigenvalue weighted by atomic mass is 19.1. The van der Waals surface area contributed by atoms with Crippen LogP contribution >= 0.6 is 0 Å². The van der Waals surface area contributed by atoms with Crippen LogP contribution in [0.2, 0.25) is 0 Å². The van der Waals surface area contributed by atoms with Crippen molar-refractivity contribution in [2.45, 2.75) is 26.5 Å². The second kappa shape index (κ2) is 6.48. The second-order valence-electron chi connectivity index (χ2n) is 5.34. The first kappa shape index (κ1) is 15.2. The van der Waals surface area contributed by atoms with Gasteiger partial charge in [0.05, 0.1) is 11.8 Å². The van der Waals surface area contributed by atoms with Gasteiger partial charge in [-0.15, -0.1) is 0 Å². The number of benzene rings is 2. The summed E-state index contributed by atoms with van der Waals surface area (Å²) in [7, 11) is 1.91. The summed E-state index contributed by atoms with van der Waals surface area (Å²) in [6.45, 7) is 4.39. The summed E-state index contributed by atoms with van der Waals surface area (Å²) in [5.74, 6) is 0.460. The lowest BCUT2D eigenvalue weighted by Gasteiger charge is -2.21. The van der Waals surface area contributed by atoms with E-state index in [1.807, 2.05) is 50.1 Å². The molecule has 4 heteroatoms. The highest BCUT2D eigenvalue weighted by Crippen LogP contribution is 2.29. The number of anilines is 2. The predicted molar refractivity (Wildman–Crippen MR) is 85.1 cm³/mol. The summed E-state index contributed by atoms with van der Waals surface area (Å²) in [5, 5.41) is 0. The highest BCUT2D eigenvalue weighted by molar-refractivity contribution is 5.62. The van der Waals surface area contributed by atoms with Crippen LogP contribution < -0.4 is 15.4 Å². The average Bonchev–Trinajstić information content (AvgIpc) is 2.43. The number of halogens is 1. The molecule has 0 aliphatic carbocycles. The quantitative estimate of drug-likeness (QED) is 0.850. The third kappa shape index (κ3) is 3.88. The van der Waals surface area contributed by atoms with Gasteiger partial charge in [-0.2, -0.15) is 0 Å². The number of rotatable bonds is 5. The van der Waals surface area contributed by atoms with Crippen molar-refractivity contribution in [3.8, 4) is 5.75 Å². The van der Waals surface area contributed by atoms with E-state index >= 15 is 0 Å². The van der Waals surface area contributed by atoms with Crippen LogP contribution in [0, 0.1) is 5.82 Å². The zero-order valence-corrected chi connectivity index (χ0v) is 12.6. The fourth-order valence-corrected chi connectivity index (χ4v) is 2.09. The van der Waals surface area contributed by atoms with Crippen molar-refractivity contribution in [1.29, 1.82) is 0 Å². The van der Waals surface area contributed by atoms with Crippen LogP contribution in [0.25, 0.3) is 0 Å². The van der Waals surface area contributed by atoms with Crippen molar-refractivity contribution in [1.82, 2.24) is 0 Å². The Bertz CT molecular complexity index is 613. The van der Waals surface area contributed by atoms with Gasteiger partial charge >= 0.3 is 0 Å². The summed E-state index contributed by atoms with van der Waals surface area (Å²) in [5.41, 5.74) is 8.10. The topological polar surface area (TPSA) is 38.5 Å². The van der Waals surface area contributed by atoms with Crippen molar-refractivity contribution >= 4 is 11.4 Å². The van der Waals surface area contributed by atoms with Crippen molar-refractivity contribution in [2.75, 3.05) is 17.7 Å². The summed E-state index contributed by atoms with van der Waals surface area (Å²) < 4.78 is 19.4. The molecule has 2 N–H and O–H groups in total. The van der Waals surface area contributed by atoms with E-state index in [1.165, 1.54) is 6.07 Å². The van der Waals surface area contributed by atoms with Crippen LogP contribution in [0.4, 0.5) is 15.8 Å². The monoisotopic (exact) mass is 288 g/mol. The van der Waals surface area contributed by atoms with Crippen molar-refractivity contribution in [2.24, 2.45) is 0 Å². The van der Waals surface area contributed by atoms with Crippen molar-refractivity contribution < 1.29 is 9.13 Å². The average molecular weight is 288 g/mol. The van der Waals surface area contributed by atoms with Gasteiger partial charge in [0.25, 0.3) is 0 Å². The maximum Gasteiger partial charge on any atom is 0.144 e. The van der Waals surface area contributed by atoms with Gasteiger partial charge in [0, 0.05) is 30.9 Å². The number of nitrogens with two attached hydrogens (primary N) is 1. The molecule has 2 aromatic rings. The summed E-state index contributed by atoms with van der Waals surface area (Å²) >= 11 is 0. The van der Waals surface area contributed by atoms with Crippen LogP contribution in [-0.4, -0.2) is 13.2 Å². The SMILES string of the molecule is CC(C)Oc1cc(N(C)Cc2ccccc2F)ccc1N. The first-order valence-corrected chi connectivity index (χ1v) is 6.98. The molecule has 0 bridgehead atoms.